The van der Waals surface area contributed by atoms with Crippen LogP contribution in [0.3, 0.4) is 0 Å². The number of anilines is 3. The molecule has 0 saturated heterocycles. The molecule has 18 atom stereocenters. The number of nitrogens with two attached hydrogens (primary N) is 3. The van der Waals surface area contributed by atoms with Gasteiger partial charge in [-0.2, -0.15) is 17.8 Å². The number of amides is 1. The summed E-state index contributed by atoms with van der Waals surface area (Å²) in [7, 11) is 0. The number of ether oxygens (including phenoxy) is 3. The van der Waals surface area contributed by atoms with E-state index in [2.05, 4.69) is 158 Å². The number of rotatable bonds is 10. The number of aliphatic hydroxyl groups is 2. The molecule has 2 radical (unpaired) electrons. The number of nitrogens with zero attached hydrogens (tertiary/aromatic N) is 6. The molecule has 27 heteroatoms. The van der Waals surface area contributed by atoms with Crippen molar-refractivity contribution in [2.24, 2.45) is 59.0 Å². The number of nitro groups is 1. The van der Waals surface area contributed by atoms with Crippen molar-refractivity contribution in [3.63, 3.8) is 0 Å². The standard InChI is InChI=1S/C18H28N2O3.C15H22N2O2.C15H21N2O.C13H18N2O3.C13H19N2.C6H12O2.CH4.3HI.V.2Y/c1-11-8-13(9-12(2)16(11)21)14-6-7-19-10-15(14)20-17(22)23-18(3,4)5;1-9-6-12(13-4-5-17-8-14(13)16)7-10(2)15(9)19-11(3)18;1-10-5-12(8-14(16)6-10)15-3-4-17-9-13(15)7-11(2)18;1-8-5-10(6-9(2)13(8)16)11-3-4-14-7-12(11)15(17)18;1-9-5-10(2)7-11(6-9)12-3-4-15-8-13(12)14;1-5(7)8-6(2,3)4;;;;;;;/h6-7,10-13,16,21H,8-9H2,1-5H3,(H,20,22);4-5,8-10,12,15H,6-7,16H2,1-3H3;3-4,6,9-10,12,14H,5,7-8,16H2,1-2H3;3-4,7-10,13,16H,5-6H2,1-2H3;3-5,8-11H,6-7,14H2,1-2H3;1-4H3;1H4;3*1H;;;/q;;-1;;-1;;;;;;+3;;/p-3/t11-,12+,13?,16?;9-,10+,12?,15?;10-,12+,14-;8-,9+,10?,13?;9-,10+,11?;;;;;;;;/m..0........../s1. The zero-order valence-corrected chi connectivity index (χ0v) is 79.8. The number of nitrogens with one attached hydrogen (secondary N) is 1. The molecule has 10 rings (SSSR count). The van der Waals surface area contributed by atoms with Crippen molar-refractivity contribution in [3.05, 3.63) is 149 Å². The maximum absolute atomic E-state index is 12.0. The first kappa shape index (κ1) is 104. The molecule has 9 N–H and O–H groups in total. The number of aliphatic hydroxyl groups excluding tert-OH is 2. The van der Waals surface area contributed by atoms with Gasteiger partial charge in [0.1, 0.15) is 29.3 Å². The van der Waals surface area contributed by atoms with Gasteiger partial charge >= 0.3 is 82.9 Å². The number of aromatic nitrogens is 5. The van der Waals surface area contributed by atoms with Crippen LogP contribution in [-0.4, -0.2) is 99.4 Å². The Morgan fingerprint density at radius 1 is 0.537 bits per heavy atom. The van der Waals surface area contributed by atoms with E-state index in [4.69, 9.17) is 31.4 Å². The monoisotopic (exact) mass is 2020 g/mol. The van der Waals surface area contributed by atoms with Crippen molar-refractivity contribution < 1.29 is 119 Å². The van der Waals surface area contributed by atoms with Gasteiger partial charge in [0, 0.05) is 128 Å². The number of nitrogen functional groups attached to an aromatic ring is 2. The average Bonchev–Trinajstić information content (AvgIpc) is 0.835. The quantitative estimate of drug-likeness (QED) is 0.0189. The van der Waals surface area contributed by atoms with Gasteiger partial charge in [-0.25, -0.2) is 4.79 Å². The summed E-state index contributed by atoms with van der Waals surface area (Å²) in [4.78, 5) is 75.3. The van der Waals surface area contributed by atoms with Crippen LogP contribution in [0.4, 0.5) is 27.5 Å². The number of carbonyl (C=O) groups is 4. The van der Waals surface area contributed by atoms with E-state index in [0.717, 1.165) is 79.4 Å². The zero-order chi connectivity index (χ0) is 78.8. The molecular formula is C81H124I3N10O11VY2-2. The second-order valence-corrected chi connectivity index (χ2v) is 67.3. The first-order chi connectivity index (χ1) is 49.0. The molecule has 0 aromatic carbocycles. The van der Waals surface area contributed by atoms with E-state index < -0.39 is 11.7 Å². The van der Waals surface area contributed by atoms with Crippen molar-refractivity contribution in [3.8, 4) is 0 Å². The van der Waals surface area contributed by atoms with Gasteiger partial charge in [-0.15, -0.1) is 6.04 Å². The molecule has 5 aromatic rings. The fourth-order valence-electron chi connectivity index (χ4n) is 15.8. The van der Waals surface area contributed by atoms with E-state index in [1.165, 1.54) is 49.6 Å². The summed E-state index contributed by atoms with van der Waals surface area (Å²) in [6.07, 6.45) is 31.1. The van der Waals surface area contributed by atoms with Crippen LogP contribution in [0.2, 0.25) is 0 Å². The Morgan fingerprint density at radius 3 is 1.28 bits per heavy atom. The zero-order valence-electron chi connectivity index (χ0n) is 66.2. The molecule has 5 aromatic heterocycles. The number of carbonyl (C=O) groups excluding carboxylic acids is 4. The van der Waals surface area contributed by atoms with Gasteiger partial charge in [0.15, 0.2) is 0 Å². The summed E-state index contributed by atoms with van der Waals surface area (Å²) in [5.41, 5.74) is 26.2. The SMILES string of the molecule is C.CC(=O)Cc1cnccc1[C@@H]1C[C@H](C)[CH-][C@H](N)C1.CC(=O)OC(C)(C)C.CC(=O)OC1[C@H](C)CC(c2ccncc2N)C[C@@H]1C.C[C@@H]1CC(c2ccncc2NC(=O)OC(C)(C)C)C[C@H](C)C1O.C[C@@H]1CC(c2ccncc2[N+](=O)[O-])C[C@H](C)C1O.C[C@@H]1[CH-][C@H](C)CC(c2ccncc2N)C1.[I][V]([I])[I].[Y].[Y]. The second-order valence-electron chi connectivity index (χ2n) is 31.9. The van der Waals surface area contributed by atoms with Crippen LogP contribution in [0.1, 0.15) is 259 Å². The molecule has 0 aliphatic heterocycles. The van der Waals surface area contributed by atoms with Crippen molar-refractivity contribution in [2.45, 2.75) is 268 Å². The maximum Gasteiger partial charge on any atom is 0 e. The van der Waals surface area contributed by atoms with Gasteiger partial charge in [-0.1, -0.05) is 95.4 Å². The Labute approximate surface area is 734 Å². The number of hydrogen-bond donors (Lipinski definition) is 6. The van der Waals surface area contributed by atoms with Crippen molar-refractivity contribution >= 4 is 107 Å². The largest absolute Gasteiger partial charge is 0 e. The van der Waals surface area contributed by atoms with E-state index in [1.54, 1.807) is 50.2 Å². The van der Waals surface area contributed by atoms with E-state index in [1.807, 2.05) is 92.2 Å². The molecule has 5 fully saturated rings. The number of pyridine rings is 5. The molecule has 108 heavy (non-hydrogen) atoms. The van der Waals surface area contributed by atoms with Gasteiger partial charge < -0.3 is 54.5 Å². The summed E-state index contributed by atoms with van der Waals surface area (Å²) in [6.45, 7) is 34.8. The third-order valence-electron chi connectivity index (χ3n) is 19.8. The Kier molecular flexibility index (Phi) is 48.6. The first-order valence-corrected chi connectivity index (χ1v) is 50.3. The number of Topliss-reactive ketones (excluding diaryl/α,β-unsaturated/α-hetero) is 1. The average molecular weight is 2020 g/mol. The van der Waals surface area contributed by atoms with E-state index >= 15 is 0 Å². The molecule has 5 aliphatic carbocycles. The predicted octanol–water partition coefficient (Wildman–Crippen LogP) is 19.1. The second kappa shape index (κ2) is 50.8. The van der Waals surface area contributed by atoms with Crippen LogP contribution in [0, 0.1) is 76.2 Å². The van der Waals surface area contributed by atoms with E-state index in [-0.39, 0.29) is 166 Å². The van der Waals surface area contributed by atoms with Crippen LogP contribution < -0.4 is 22.5 Å². The number of ketones is 1. The van der Waals surface area contributed by atoms with Gasteiger partial charge in [0.2, 0.25) is 0 Å². The minimum absolute atomic E-state index is 0. The molecule has 7 unspecified atom stereocenters. The fraction of sp³-hybridized carbons (Fsp3) is 0.617. The Bertz CT molecular complexity index is 3470. The summed E-state index contributed by atoms with van der Waals surface area (Å²) in [5, 5.41) is 33.9. The van der Waals surface area contributed by atoms with Crippen molar-refractivity contribution in [1.82, 2.24) is 24.9 Å². The normalized spacial score (nSPS) is 27.0. The summed E-state index contributed by atoms with van der Waals surface area (Å²) >= 11 is 7.39. The molecule has 1 amide bonds. The fourth-order valence-corrected chi connectivity index (χ4v) is 15.8. The number of esters is 2. The van der Waals surface area contributed by atoms with Crippen LogP contribution in [0.15, 0.2) is 92.3 Å². The van der Waals surface area contributed by atoms with Crippen LogP contribution in [-0.2, 0) is 105 Å². The topological polar surface area (TPSA) is 334 Å². The summed E-state index contributed by atoms with van der Waals surface area (Å²) in [6, 6.07) is 9.98. The molecular weight excluding hydrogens is 1900 g/mol. The third-order valence-corrected chi connectivity index (χ3v) is 19.8. The first-order valence-electron chi connectivity index (χ1n) is 36.8. The van der Waals surface area contributed by atoms with E-state index in [9.17, 15) is 39.5 Å². The number of halogens is 3. The Balaban J connectivity index is 0.000000648. The predicted molar refractivity (Wildman–Crippen MR) is 448 cm³/mol. The molecule has 0 bridgehead atoms. The molecule has 5 heterocycles. The molecule has 5 aliphatic rings. The third kappa shape index (κ3) is 37.4. The molecule has 0 spiro atoms. The van der Waals surface area contributed by atoms with Gasteiger partial charge in [-0.3, -0.25) is 54.7 Å². The Morgan fingerprint density at radius 2 is 0.889 bits per heavy atom. The number of hydrogen-bond acceptors (Lipinski definition) is 19. The minimum Gasteiger partial charge on any atom is 0 e. The molecule has 598 valence electrons. The van der Waals surface area contributed by atoms with Crippen molar-refractivity contribution in [2.75, 3.05) is 16.8 Å². The minimum atomic E-state index is -0.537. The smallest absolute Gasteiger partial charge is 0 e. The van der Waals surface area contributed by atoms with Crippen LogP contribution >= 0.6 is 59.9 Å². The van der Waals surface area contributed by atoms with Crippen molar-refractivity contribution in [1.29, 1.82) is 0 Å². The summed E-state index contributed by atoms with van der Waals surface area (Å²) < 4.78 is 15.6. The van der Waals surface area contributed by atoms with Gasteiger partial charge in [-0.05, 0) is 210 Å². The molecule has 5 saturated carbocycles. The van der Waals surface area contributed by atoms with E-state index in [0.29, 0.717) is 65.4 Å². The summed E-state index contributed by atoms with van der Waals surface area (Å²) in [5.74, 6) is 5.19. The molecule has 21 nitrogen and oxygen atoms in total. The van der Waals surface area contributed by atoms with Crippen LogP contribution in [0.25, 0.3) is 0 Å². The van der Waals surface area contributed by atoms with Crippen LogP contribution in [0.5, 0.6) is 0 Å². The van der Waals surface area contributed by atoms with Gasteiger partial charge in [0.25, 0.3) is 5.69 Å². The van der Waals surface area contributed by atoms with Gasteiger partial charge in [0.05, 0.1) is 52.8 Å². The maximum atomic E-state index is 12.0. The Hall–Kier alpha value is -2.51.